The lowest BCUT2D eigenvalue weighted by molar-refractivity contribution is -0.137. The second kappa shape index (κ2) is 8.10. The Bertz CT molecular complexity index is 775. The molecule has 26 heavy (non-hydrogen) atoms. The van der Waals surface area contributed by atoms with Crippen LogP contribution < -0.4 is 5.32 Å². The summed E-state index contributed by atoms with van der Waals surface area (Å²) in [5.74, 6) is -0.0650. The minimum atomic E-state index is -4.33. The highest BCUT2D eigenvalue weighted by Gasteiger charge is 2.31. The summed E-state index contributed by atoms with van der Waals surface area (Å²) in [6.45, 7) is 1.55. The molecule has 0 bridgehead atoms. The fraction of sp³-hybridized carbons (Fsp3) is 0.316. The Kier molecular flexibility index (Phi) is 5.84. The van der Waals surface area contributed by atoms with Gasteiger partial charge in [-0.1, -0.05) is 47.1 Å². The Morgan fingerprint density at radius 2 is 1.85 bits per heavy atom. The van der Waals surface area contributed by atoms with Crippen LogP contribution in [0.1, 0.15) is 29.0 Å². The maximum absolute atomic E-state index is 12.7. The number of benzene rings is 2. The van der Waals surface area contributed by atoms with Gasteiger partial charge in [-0.3, -0.25) is 0 Å². The topological polar surface area (TPSA) is 33.6 Å². The molecule has 0 saturated carbocycles. The van der Waals surface area contributed by atoms with E-state index >= 15 is 0 Å². The normalized spacial score (nSPS) is 19.5. The maximum atomic E-state index is 12.7. The average molecular weight is 383 g/mol. The van der Waals surface area contributed by atoms with Gasteiger partial charge in [0, 0.05) is 23.0 Å². The van der Waals surface area contributed by atoms with Crippen LogP contribution in [0.3, 0.4) is 0 Å². The summed E-state index contributed by atoms with van der Waals surface area (Å²) in [6.07, 6.45) is -3.58. The largest absolute Gasteiger partial charge is 0.416 e. The molecule has 1 heterocycles. The fourth-order valence-corrected chi connectivity index (χ4v) is 3.10. The zero-order valence-corrected chi connectivity index (χ0v) is 14.6. The van der Waals surface area contributed by atoms with Crippen LogP contribution in [0.5, 0.6) is 0 Å². The standard InChI is InChI=1S/C19H18ClF3N2O/c20-17-4-2-1-3-14(17)12-26-25-18-11-24-10-9-16(18)13-5-7-15(8-6-13)19(21,22)23/h1-8,16,24H,9-12H2/b25-18-. The molecule has 138 valence electrons. The number of nitrogens with one attached hydrogen (secondary N) is 1. The number of alkyl halides is 3. The lowest BCUT2D eigenvalue weighted by Crippen LogP contribution is -2.36. The van der Waals surface area contributed by atoms with Crippen LogP contribution in [0.2, 0.25) is 5.02 Å². The summed E-state index contributed by atoms with van der Waals surface area (Å²) in [5.41, 5.74) is 1.75. The minimum Gasteiger partial charge on any atom is -0.391 e. The molecule has 2 aromatic rings. The molecule has 0 radical (unpaired) electrons. The van der Waals surface area contributed by atoms with E-state index in [2.05, 4.69) is 10.5 Å². The van der Waals surface area contributed by atoms with Crippen molar-refractivity contribution in [3.8, 4) is 0 Å². The highest BCUT2D eigenvalue weighted by molar-refractivity contribution is 6.31. The van der Waals surface area contributed by atoms with E-state index in [-0.39, 0.29) is 12.5 Å². The smallest absolute Gasteiger partial charge is 0.391 e. The van der Waals surface area contributed by atoms with E-state index in [1.807, 2.05) is 18.2 Å². The Labute approximate surface area is 154 Å². The maximum Gasteiger partial charge on any atom is 0.416 e. The quantitative estimate of drug-likeness (QED) is 0.754. The lowest BCUT2D eigenvalue weighted by atomic mass is 9.88. The lowest BCUT2D eigenvalue weighted by Gasteiger charge is -2.25. The zero-order chi connectivity index (χ0) is 18.6. The summed E-state index contributed by atoms with van der Waals surface area (Å²) in [7, 11) is 0. The molecule has 1 unspecified atom stereocenters. The van der Waals surface area contributed by atoms with Crippen molar-refractivity contribution in [1.29, 1.82) is 0 Å². The number of rotatable bonds is 4. The number of halogens is 4. The Balaban J connectivity index is 1.72. The monoisotopic (exact) mass is 382 g/mol. The molecular formula is C19H18ClF3N2O. The van der Waals surface area contributed by atoms with Crippen LogP contribution in [0, 0.1) is 0 Å². The van der Waals surface area contributed by atoms with E-state index in [0.29, 0.717) is 11.6 Å². The van der Waals surface area contributed by atoms with E-state index < -0.39 is 11.7 Å². The summed E-state index contributed by atoms with van der Waals surface area (Å²) < 4.78 is 38.2. The van der Waals surface area contributed by atoms with Crippen LogP contribution in [0.15, 0.2) is 53.7 Å². The zero-order valence-electron chi connectivity index (χ0n) is 13.9. The van der Waals surface area contributed by atoms with Crippen LogP contribution >= 0.6 is 11.6 Å². The van der Waals surface area contributed by atoms with Gasteiger partial charge in [0.15, 0.2) is 0 Å². The SMILES string of the molecule is FC(F)(F)c1ccc(C2CCNC/C2=N/OCc2ccccc2Cl)cc1. The highest BCUT2D eigenvalue weighted by Crippen LogP contribution is 2.31. The number of hydrogen-bond acceptors (Lipinski definition) is 3. The van der Waals surface area contributed by atoms with Gasteiger partial charge in [-0.05, 0) is 36.7 Å². The van der Waals surface area contributed by atoms with E-state index in [4.69, 9.17) is 16.4 Å². The molecular weight excluding hydrogens is 365 g/mol. The summed E-state index contributed by atoms with van der Waals surface area (Å²) in [4.78, 5) is 5.45. The number of nitrogens with zero attached hydrogens (tertiary/aromatic N) is 1. The number of piperidine rings is 1. The van der Waals surface area contributed by atoms with E-state index in [0.717, 1.165) is 41.9 Å². The van der Waals surface area contributed by atoms with E-state index in [9.17, 15) is 13.2 Å². The second-order valence-electron chi connectivity index (χ2n) is 6.09. The molecule has 1 atom stereocenters. The summed E-state index contributed by atoms with van der Waals surface area (Å²) in [5, 5.41) is 8.04. The van der Waals surface area contributed by atoms with Crippen LogP contribution in [-0.4, -0.2) is 18.8 Å². The van der Waals surface area contributed by atoms with E-state index in [1.54, 1.807) is 6.07 Å². The van der Waals surface area contributed by atoms with Gasteiger partial charge in [0.1, 0.15) is 6.61 Å². The molecule has 7 heteroatoms. The first-order chi connectivity index (χ1) is 12.4. The van der Waals surface area contributed by atoms with E-state index in [1.165, 1.54) is 12.1 Å². The first kappa shape index (κ1) is 18.7. The Hall–Kier alpha value is -2.05. The van der Waals surface area contributed by atoms with Gasteiger partial charge in [-0.2, -0.15) is 13.2 Å². The van der Waals surface area contributed by atoms with Crippen molar-refractivity contribution in [2.24, 2.45) is 5.16 Å². The van der Waals surface area contributed by atoms with Gasteiger partial charge >= 0.3 is 6.18 Å². The van der Waals surface area contributed by atoms with Crippen LogP contribution in [0.4, 0.5) is 13.2 Å². The van der Waals surface area contributed by atoms with Crippen molar-refractivity contribution in [3.63, 3.8) is 0 Å². The molecule has 1 saturated heterocycles. The molecule has 2 aromatic carbocycles. The molecule has 1 N–H and O–H groups in total. The van der Waals surface area contributed by atoms with Crippen molar-refractivity contribution in [3.05, 3.63) is 70.2 Å². The van der Waals surface area contributed by atoms with Crippen molar-refractivity contribution in [2.45, 2.75) is 25.1 Å². The van der Waals surface area contributed by atoms with Crippen molar-refractivity contribution in [1.82, 2.24) is 5.32 Å². The predicted octanol–water partition coefficient (Wildman–Crippen LogP) is 5.01. The third-order valence-electron chi connectivity index (χ3n) is 4.32. The molecule has 0 aromatic heterocycles. The highest BCUT2D eigenvalue weighted by atomic mass is 35.5. The first-order valence-electron chi connectivity index (χ1n) is 8.25. The van der Waals surface area contributed by atoms with Crippen molar-refractivity contribution >= 4 is 17.3 Å². The van der Waals surface area contributed by atoms with Gasteiger partial charge < -0.3 is 10.2 Å². The molecule has 1 fully saturated rings. The predicted molar refractivity (Wildman–Crippen MR) is 95.3 cm³/mol. The Morgan fingerprint density at radius 3 is 2.54 bits per heavy atom. The Morgan fingerprint density at radius 1 is 1.12 bits per heavy atom. The third-order valence-corrected chi connectivity index (χ3v) is 4.69. The number of oxime groups is 1. The molecule has 3 rings (SSSR count). The molecule has 1 aliphatic rings. The second-order valence-corrected chi connectivity index (χ2v) is 6.49. The van der Waals surface area contributed by atoms with Crippen LogP contribution in [0.25, 0.3) is 0 Å². The van der Waals surface area contributed by atoms with Gasteiger partial charge in [0.2, 0.25) is 0 Å². The molecule has 3 nitrogen and oxygen atoms in total. The molecule has 0 aliphatic carbocycles. The van der Waals surface area contributed by atoms with Crippen LogP contribution in [-0.2, 0) is 17.6 Å². The van der Waals surface area contributed by atoms with Crippen molar-refractivity contribution in [2.75, 3.05) is 13.1 Å². The van der Waals surface area contributed by atoms with Gasteiger partial charge in [0.05, 0.1) is 11.3 Å². The first-order valence-corrected chi connectivity index (χ1v) is 8.63. The number of hydrogen-bond donors (Lipinski definition) is 1. The summed E-state index contributed by atoms with van der Waals surface area (Å²) in [6, 6.07) is 12.6. The molecule has 0 spiro atoms. The summed E-state index contributed by atoms with van der Waals surface area (Å²) >= 11 is 6.09. The van der Waals surface area contributed by atoms with Gasteiger partial charge in [0.25, 0.3) is 0 Å². The third kappa shape index (κ3) is 4.56. The van der Waals surface area contributed by atoms with Gasteiger partial charge in [-0.15, -0.1) is 0 Å². The van der Waals surface area contributed by atoms with Gasteiger partial charge in [-0.25, -0.2) is 0 Å². The molecule has 1 aliphatic heterocycles. The molecule has 0 amide bonds. The average Bonchev–Trinajstić information content (AvgIpc) is 2.63. The minimum absolute atomic E-state index is 0.0650. The van der Waals surface area contributed by atoms with Crippen molar-refractivity contribution < 1.29 is 18.0 Å². The fourth-order valence-electron chi connectivity index (χ4n) is 2.91.